The lowest BCUT2D eigenvalue weighted by Gasteiger charge is -2.15. The largest absolute Gasteiger partial charge is 0.273 e. The summed E-state index contributed by atoms with van der Waals surface area (Å²) in [5.41, 5.74) is 0.131. The van der Waals surface area contributed by atoms with Crippen LogP contribution in [0, 0.1) is 17.3 Å². The molecule has 4 nitrogen and oxygen atoms in total. The van der Waals surface area contributed by atoms with Crippen LogP contribution in [0.1, 0.15) is 0 Å². The van der Waals surface area contributed by atoms with E-state index in [1.165, 1.54) is 18.2 Å². The van der Waals surface area contributed by atoms with Crippen LogP contribution in [0.4, 0.5) is 10.1 Å². The summed E-state index contributed by atoms with van der Waals surface area (Å²) in [5.74, 6) is -0.609. The summed E-state index contributed by atoms with van der Waals surface area (Å²) in [5, 5.41) is 8.68. The van der Waals surface area contributed by atoms with Crippen LogP contribution in [0.5, 0.6) is 0 Å². The number of carbonyl (C=O) groups excluding carboxylic acids is 1. The first-order valence-electron chi connectivity index (χ1n) is 4.41. The van der Waals surface area contributed by atoms with Crippen molar-refractivity contribution >= 4 is 28.5 Å². The van der Waals surface area contributed by atoms with E-state index in [0.29, 0.717) is 0 Å². The summed E-state index contributed by atoms with van der Waals surface area (Å²) in [6.45, 7) is 0. The van der Waals surface area contributed by atoms with Gasteiger partial charge in [0.25, 0.3) is 0 Å². The third-order valence-corrected chi connectivity index (χ3v) is 2.93. The average Bonchev–Trinajstić information content (AvgIpc) is 2.62. The van der Waals surface area contributed by atoms with E-state index >= 15 is 0 Å². The van der Waals surface area contributed by atoms with Gasteiger partial charge < -0.3 is 0 Å². The maximum Gasteiger partial charge on any atom is 0.243 e. The number of nitriles is 1. The minimum Gasteiger partial charge on any atom is -0.273 e. The molecule has 0 N–H and O–H groups in total. The van der Waals surface area contributed by atoms with E-state index in [1.54, 1.807) is 12.3 Å². The molecule has 2 rings (SSSR count). The number of amides is 1. The number of hydrogen-bond donors (Lipinski definition) is 0. The van der Waals surface area contributed by atoms with Crippen molar-refractivity contribution in [1.29, 1.82) is 5.26 Å². The Morgan fingerprint density at radius 3 is 2.94 bits per heavy atom. The fourth-order valence-electron chi connectivity index (χ4n) is 1.36. The van der Waals surface area contributed by atoms with Gasteiger partial charge in [-0.1, -0.05) is 23.9 Å². The molecule has 1 amide bonds. The fraction of sp³-hybridized carbons (Fsp3) is 0.100. The van der Waals surface area contributed by atoms with Crippen LogP contribution in [0.2, 0.25) is 0 Å². The van der Waals surface area contributed by atoms with Crippen LogP contribution in [0.15, 0.2) is 29.3 Å². The molecule has 0 aromatic heterocycles. The smallest absolute Gasteiger partial charge is 0.243 e. The van der Waals surface area contributed by atoms with E-state index < -0.39 is 5.82 Å². The Morgan fingerprint density at radius 1 is 1.50 bits per heavy atom. The van der Waals surface area contributed by atoms with E-state index in [4.69, 9.17) is 5.26 Å². The van der Waals surface area contributed by atoms with Crippen LogP contribution >= 0.6 is 11.8 Å². The first-order valence-corrected chi connectivity index (χ1v) is 5.39. The Morgan fingerprint density at radius 2 is 2.25 bits per heavy atom. The minimum absolute atomic E-state index is 0.131. The van der Waals surface area contributed by atoms with Crippen molar-refractivity contribution < 1.29 is 9.18 Å². The lowest BCUT2D eigenvalue weighted by molar-refractivity contribution is -0.115. The second kappa shape index (κ2) is 4.33. The lowest BCUT2D eigenvalue weighted by atomic mass is 10.3. The van der Waals surface area contributed by atoms with Gasteiger partial charge in [0.05, 0.1) is 11.4 Å². The number of amidine groups is 1. The number of halogens is 1. The molecule has 0 spiro atoms. The number of anilines is 1. The van der Waals surface area contributed by atoms with Crippen LogP contribution in [-0.4, -0.2) is 16.8 Å². The second-order valence-electron chi connectivity index (χ2n) is 2.96. The molecule has 0 aliphatic carbocycles. The number of para-hydroxylation sites is 1. The normalized spacial score (nSPS) is 17.9. The van der Waals surface area contributed by atoms with E-state index in [2.05, 4.69) is 4.99 Å². The van der Waals surface area contributed by atoms with E-state index in [0.717, 1.165) is 16.7 Å². The Bertz CT molecular complexity index is 509. The van der Waals surface area contributed by atoms with Gasteiger partial charge in [-0.2, -0.15) is 5.26 Å². The van der Waals surface area contributed by atoms with E-state index in [1.807, 2.05) is 0 Å². The van der Waals surface area contributed by atoms with Crippen molar-refractivity contribution in [2.75, 3.05) is 10.7 Å². The van der Waals surface area contributed by atoms with E-state index in [-0.39, 0.29) is 22.5 Å². The standard InChI is InChI=1S/C10H6FN3OS/c11-7-3-1-2-4-8(7)14-9(15)5-16-10(14)13-6-12/h1-4H,5H2. The average molecular weight is 235 g/mol. The molecule has 1 aromatic carbocycles. The summed E-state index contributed by atoms with van der Waals surface area (Å²) < 4.78 is 13.5. The SMILES string of the molecule is N#CN=C1SCC(=O)N1c1ccccc1F. The van der Waals surface area contributed by atoms with Crippen LogP contribution in [-0.2, 0) is 4.79 Å². The van der Waals surface area contributed by atoms with Crippen LogP contribution in [0.25, 0.3) is 0 Å². The van der Waals surface area contributed by atoms with Gasteiger partial charge >= 0.3 is 0 Å². The number of rotatable bonds is 1. The Labute approximate surface area is 95.4 Å². The molecular formula is C10H6FN3OS. The number of nitrogens with zero attached hydrogens (tertiary/aromatic N) is 3. The molecular weight excluding hydrogens is 229 g/mol. The van der Waals surface area contributed by atoms with Gasteiger partial charge in [0, 0.05) is 0 Å². The highest BCUT2D eigenvalue weighted by Crippen LogP contribution is 2.28. The number of hydrogen-bond acceptors (Lipinski definition) is 4. The molecule has 1 aliphatic rings. The number of benzene rings is 1. The minimum atomic E-state index is -0.510. The Kier molecular flexibility index (Phi) is 2.88. The zero-order valence-corrected chi connectivity index (χ0v) is 8.87. The summed E-state index contributed by atoms with van der Waals surface area (Å²) in [7, 11) is 0. The maximum atomic E-state index is 13.5. The number of thioether (sulfide) groups is 1. The predicted octanol–water partition coefficient (Wildman–Crippen LogP) is 1.74. The number of carbonyl (C=O) groups is 1. The second-order valence-corrected chi connectivity index (χ2v) is 3.91. The highest BCUT2D eigenvalue weighted by Gasteiger charge is 2.31. The van der Waals surface area contributed by atoms with Crippen molar-refractivity contribution in [1.82, 2.24) is 0 Å². The van der Waals surface area contributed by atoms with Gasteiger partial charge in [-0.05, 0) is 12.1 Å². The third-order valence-electron chi connectivity index (χ3n) is 2.00. The molecule has 0 bridgehead atoms. The van der Waals surface area contributed by atoms with Crippen molar-refractivity contribution in [3.8, 4) is 6.19 Å². The highest BCUT2D eigenvalue weighted by molar-refractivity contribution is 8.15. The summed E-state index contributed by atoms with van der Waals surface area (Å²) in [6.07, 6.45) is 1.60. The molecule has 1 saturated heterocycles. The monoisotopic (exact) mass is 235 g/mol. The molecule has 16 heavy (non-hydrogen) atoms. The maximum absolute atomic E-state index is 13.5. The molecule has 1 heterocycles. The third kappa shape index (κ3) is 1.77. The van der Waals surface area contributed by atoms with Crippen molar-refractivity contribution in [2.24, 2.45) is 4.99 Å². The molecule has 1 aliphatic heterocycles. The van der Waals surface area contributed by atoms with Crippen molar-refractivity contribution in [3.63, 3.8) is 0 Å². The summed E-state index contributed by atoms with van der Waals surface area (Å²) >= 11 is 1.12. The molecule has 1 aromatic rings. The first-order chi connectivity index (χ1) is 7.74. The van der Waals surface area contributed by atoms with Gasteiger partial charge in [0.15, 0.2) is 5.17 Å². The van der Waals surface area contributed by atoms with Gasteiger partial charge in [-0.3, -0.25) is 9.69 Å². The molecule has 0 radical (unpaired) electrons. The summed E-state index contributed by atoms with van der Waals surface area (Å²) in [4.78, 5) is 16.2. The fourth-order valence-corrected chi connectivity index (χ4v) is 2.17. The zero-order chi connectivity index (χ0) is 11.5. The van der Waals surface area contributed by atoms with Crippen molar-refractivity contribution in [3.05, 3.63) is 30.1 Å². The van der Waals surface area contributed by atoms with E-state index in [9.17, 15) is 9.18 Å². The lowest BCUT2D eigenvalue weighted by Crippen LogP contribution is -2.29. The van der Waals surface area contributed by atoms with Gasteiger partial charge in [0.1, 0.15) is 5.82 Å². The summed E-state index contributed by atoms with van der Waals surface area (Å²) in [6, 6.07) is 5.90. The molecule has 0 unspecified atom stereocenters. The Balaban J connectivity index is 2.47. The Hall–Kier alpha value is -1.87. The van der Waals surface area contributed by atoms with Gasteiger partial charge in [-0.25, -0.2) is 4.39 Å². The topological polar surface area (TPSA) is 56.5 Å². The molecule has 1 fully saturated rings. The van der Waals surface area contributed by atoms with Crippen LogP contribution < -0.4 is 4.90 Å². The zero-order valence-electron chi connectivity index (χ0n) is 8.05. The van der Waals surface area contributed by atoms with Crippen LogP contribution in [0.3, 0.4) is 0 Å². The van der Waals surface area contributed by atoms with Gasteiger partial charge in [-0.15, -0.1) is 4.99 Å². The highest BCUT2D eigenvalue weighted by atomic mass is 32.2. The molecule has 80 valence electrons. The molecule has 6 heteroatoms. The quantitative estimate of drug-likeness (QED) is 0.697. The predicted molar refractivity (Wildman–Crippen MR) is 59.4 cm³/mol. The molecule has 0 saturated carbocycles. The van der Waals surface area contributed by atoms with Crippen molar-refractivity contribution in [2.45, 2.75) is 0 Å². The first kappa shape index (κ1) is 10.6. The molecule has 0 atom stereocenters. The van der Waals surface area contributed by atoms with Gasteiger partial charge in [0.2, 0.25) is 12.1 Å². The number of aliphatic imine (C=N–C) groups is 1.